The first-order valence-electron chi connectivity index (χ1n) is 25.6. The molecule has 0 aliphatic carbocycles. The van der Waals surface area contributed by atoms with Gasteiger partial charge in [-0.2, -0.15) is 0 Å². The van der Waals surface area contributed by atoms with Crippen molar-refractivity contribution in [2.75, 3.05) is 0 Å². The number of rotatable bonds is 45. The summed E-state index contributed by atoms with van der Waals surface area (Å²) in [4.78, 5) is 30.9. The van der Waals surface area contributed by atoms with E-state index in [2.05, 4.69) is 20.8 Å². The van der Waals surface area contributed by atoms with E-state index in [0.717, 1.165) is 38.5 Å². The highest BCUT2D eigenvalue weighted by atomic mass is 16.4. The number of hydrogen-bond donors (Lipinski definition) is 3. The normalized spacial score (nSPS) is 10.9. The molecule has 0 aromatic heterocycles. The van der Waals surface area contributed by atoms with Crippen LogP contribution in [0, 0.1) is 0 Å². The van der Waals surface area contributed by atoms with E-state index in [4.69, 9.17) is 15.3 Å². The minimum Gasteiger partial charge on any atom is -0.481 e. The quantitative estimate of drug-likeness (QED) is 0.0417. The van der Waals surface area contributed by atoms with Crippen LogP contribution in [0.3, 0.4) is 0 Å². The maximum atomic E-state index is 10.3. The van der Waals surface area contributed by atoms with Crippen molar-refractivity contribution >= 4 is 17.9 Å². The number of unbranched alkanes of at least 4 members (excludes halogenated alkanes) is 39. The van der Waals surface area contributed by atoms with E-state index in [1.807, 2.05) is 0 Å². The van der Waals surface area contributed by atoms with Gasteiger partial charge in [0.05, 0.1) is 0 Å². The van der Waals surface area contributed by atoms with Gasteiger partial charge in [-0.05, 0) is 25.7 Å². The first kappa shape index (κ1) is 60.5. The van der Waals surface area contributed by atoms with E-state index >= 15 is 0 Å². The molecule has 0 saturated heterocycles. The maximum absolute atomic E-state index is 10.3. The number of carboxylic acids is 3. The highest BCUT2D eigenvalue weighted by Crippen LogP contribution is 2.16. The standard InChI is InChI=1S/C18H36O2.C18H34O2.C16H32O2/c2*1-2-3-4-5-6-7-8-9-10-11-12-13-14-15-16-17-18(19)20;1-2-3-4-5-6-7-8-9-10-11-12-13-14-15-16(17)18/h2-17H2,1H3,(H,19,20);16-17H,2-15H2,1H3,(H,19,20);2-15H2,1H3,(H,17,18). The molecule has 6 heteroatoms. The van der Waals surface area contributed by atoms with E-state index in [1.54, 1.807) is 6.08 Å². The van der Waals surface area contributed by atoms with Crippen LogP contribution >= 0.6 is 0 Å². The van der Waals surface area contributed by atoms with Crippen LogP contribution in [0.2, 0.25) is 0 Å². The van der Waals surface area contributed by atoms with Crippen molar-refractivity contribution in [3.05, 3.63) is 12.2 Å². The van der Waals surface area contributed by atoms with Gasteiger partial charge in [0, 0.05) is 18.9 Å². The van der Waals surface area contributed by atoms with Crippen LogP contribution in [0.15, 0.2) is 12.2 Å². The lowest BCUT2D eigenvalue weighted by Gasteiger charge is -2.03. The molecule has 3 N–H and O–H groups in total. The molecule has 6 nitrogen and oxygen atoms in total. The van der Waals surface area contributed by atoms with Gasteiger partial charge in [0.1, 0.15) is 0 Å². The lowest BCUT2D eigenvalue weighted by atomic mass is 10.0. The summed E-state index contributed by atoms with van der Waals surface area (Å²) in [5.74, 6) is -2.14. The number of hydrogen-bond acceptors (Lipinski definition) is 3. The topological polar surface area (TPSA) is 112 Å². The predicted molar refractivity (Wildman–Crippen MR) is 252 cm³/mol. The first-order chi connectivity index (χ1) is 28.3. The zero-order chi connectivity index (χ0) is 43.3. The first-order valence-corrected chi connectivity index (χ1v) is 25.6. The summed E-state index contributed by atoms with van der Waals surface area (Å²) in [5, 5.41) is 25.4. The highest BCUT2D eigenvalue weighted by molar-refractivity contribution is 5.79. The lowest BCUT2D eigenvalue weighted by molar-refractivity contribution is -0.138. The minimum atomic E-state index is -0.834. The Bertz CT molecular complexity index is 825. The second-order valence-electron chi connectivity index (χ2n) is 17.3. The van der Waals surface area contributed by atoms with Gasteiger partial charge in [-0.3, -0.25) is 9.59 Å². The summed E-state index contributed by atoms with van der Waals surface area (Å²) in [6.45, 7) is 6.80. The predicted octanol–water partition coefficient (Wildman–Crippen LogP) is 18.0. The Morgan fingerprint density at radius 1 is 0.293 bits per heavy atom. The van der Waals surface area contributed by atoms with Crippen LogP contribution in [-0.4, -0.2) is 33.2 Å². The van der Waals surface area contributed by atoms with Gasteiger partial charge in [-0.1, -0.05) is 271 Å². The molecule has 0 aliphatic heterocycles. The summed E-state index contributed by atoms with van der Waals surface area (Å²) in [5.41, 5.74) is 0. The second-order valence-corrected chi connectivity index (χ2v) is 17.3. The SMILES string of the molecule is CCCCCCCCCCCCCCCC(=O)O.CCCCCCCCCCCCCCCC=CC(=O)O.CCCCCCCCCCCCCCCCCC(=O)O. The monoisotopic (exact) mass is 823 g/mol. The molecule has 0 aromatic rings. The van der Waals surface area contributed by atoms with Crippen molar-refractivity contribution in [1.82, 2.24) is 0 Å². The third-order valence-electron chi connectivity index (χ3n) is 11.2. The number of aliphatic carboxylic acids is 3. The third kappa shape index (κ3) is 68.8. The van der Waals surface area contributed by atoms with Gasteiger partial charge in [0.2, 0.25) is 0 Å². The molecule has 0 saturated carbocycles. The summed E-state index contributed by atoms with van der Waals surface area (Å²) in [6, 6.07) is 0. The average Bonchev–Trinajstić information content (AvgIpc) is 3.20. The van der Waals surface area contributed by atoms with Crippen LogP contribution in [0.5, 0.6) is 0 Å². The molecule has 0 unspecified atom stereocenters. The molecule has 0 aliphatic rings. The zero-order valence-corrected chi connectivity index (χ0v) is 39.3. The highest BCUT2D eigenvalue weighted by Gasteiger charge is 1.99. The van der Waals surface area contributed by atoms with E-state index in [1.165, 1.54) is 237 Å². The Labute approximate surface area is 362 Å². The maximum Gasteiger partial charge on any atom is 0.327 e. The molecule has 0 fully saturated rings. The molecule has 346 valence electrons. The van der Waals surface area contributed by atoms with Crippen molar-refractivity contribution in [3.63, 3.8) is 0 Å². The fourth-order valence-corrected chi connectivity index (χ4v) is 7.41. The van der Waals surface area contributed by atoms with Gasteiger partial charge >= 0.3 is 17.9 Å². The molecule has 0 atom stereocenters. The Hall–Kier alpha value is -1.85. The van der Waals surface area contributed by atoms with E-state index in [0.29, 0.717) is 12.8 Å². The molecular weight excluding hydrogens is 721 g/mol. The minimum absolute atomic E-state index is 0.345. The van der Waals surface area contributed by atoms with Gasteiger partial charge in [0.25, 0.3) is 0 Å². The molecule has 0 aromatic carbocycles. The van der Waals surface area contributed by atoms with Gasteiger partial charge in [-0.15, -0.1) is 0 Å². The van der Waals surface area contributed by atoms with Crippen LogP contribution in [0.25, 0.3) is 0 Å². The number of carbonyl (C=O) groups is 3. The van der Waals surface area contributed by atoms with Gasteiger partial charge in [0.15, 0.2) is 0 Å². The molecule has 0 bridgehead atoms. The smallest absolute Gasteiger partial charge is 0.327 e. The fourth-order valence-electron chi connectivity index (χ4n) is 7.41. The molecule has 0 amide bonds. The molecule has 0 heterocycles. The van der Waals surface area contributed by atoms with Gasteiger partial charge < -0.3 is 15.3 Å². The summed E-state index contributed by atoms with van der Waals surface area (Å²) < 4.78 is 0. The van der Waals surface area contributed by atoms with Gasteiger partial charge in [-0.25, -0.2) is 4.79 Å². The average molecular weight is 823 g/mol. The summed E-state index contributed by atoms with van der Waals surface area (Å²) in [6.07, 6.45) is 59.0. The van der Waals surface area contributed by atoms with Crippen LogP contribution in [-0.2, 0) is 14.4 Å². The molecule has 0 spiro atoms. The van der Waals surface area contributed by atoms with E-state index in [9.17, 15) is 14.4 Å². The number of allylic oxidation sites excluding steroid dienone is 1. The van der Waals surface area contributed by atoms with E-state index < -0.39 is 17.9 Å². The molecule has 0 radical (unpaired) electrons. The Kier molecular flexibility index (Phi) is 59.7. The zero-order valence-electron chi connectivity index (χ0n) is 39.3. The van der Waals surface area contributed by atoms with Crippen LogP contribution < -0.4 is 0 Å². The lowest BCUT2D eigenvalue weighted by Crippen LogP contribution is -1.93. The molecule has 0 rings (SSSR count). The summed E-state index contributed by atoms with van der Waals surface area (Å²) in [7, 11) is 0. The molecular formula is C52H102O6. The third-order valence-corrected chi connectivity index (χ3v) is 11.2. The largest absolute Gasteiger partial charge is 0.481 e. The Balaban J connectivity index is -0.000000784. The van der Waals surface area contributed by atoms with Crippen molar-refractivity contribution in [3.8, 4) is 0 Å². The Morgan fingerprint density at radius 2 is 0.483 bits per heavy atom. The van der Waals surface area contributed by atoms with Crippen molar-refractivity contribution < 1.29 is 29.7 Å². The summed E-state index contributed by atoms with van der Waals surface area (Å²) >= 11 is 0. The van der Waals surface area contributed by atoms with Crippen molar-refractivity contribution in [2.45, 2.75) is 303 Å². The fraction of sp³-hybridized carbons (Fsp3) is 0.904. The Morgan fingerprint density at radius 3 is 0.672 bits per heavy atom. The molecule has 58 heavy (non-hydrogen) atoms. The van der Waals surface area contributed by atoms with E-state index in [-0.39, 0.29) is 0 Å². The van der Waals surface area contributed by atoms with Crippen LogP contribution in [0.1, 0.15) is 303 Å². The number of carboxylic acid groups (broad SMARTS) is 3. The van der Waals surface area contributed by atoms with Crippen LogP contribution in [0.4, 0.5) is 0 Å². The van der Waals surface area contributed by atoms with Crippen molar-refractivity contribution in [2.24, 2.45) is 0 Å². The second kappa shape index (κ2) is 57.2. The van der Waals surface area contributed by atoms with Crippen molar-refractivity contribution in [1.29, 1.82) is 0 Å².